The van der Waals surface area contributed by atoms with Gasteiger partial charge in [0.2, 0.25) is 10.0 Å². The Bertz CT molecular complexity index is 861. The van der Waals surface area contributed by atoms with Crippen molar-refractivity contribution < 1.29 is 8.42 Å². The van der Waals surface area contributed by atoms with E-state index in [1.165, 1.54) is 19.1 Å². The summed E-state index contributed by atoms with van der Waals surface area (Å²) in [6, 6.07) is 4.35. The molecule has 0 bridgehead atoms. The van der Waals surface area contributed by atoms with E-state index in [0.29, 0.717) is 17.4 Å². The Morgan fingerprint density at radius 3 is 2.70 bits per heavy atom. The Balaban J connectivity index is 1.96. The first-order valence-corrected chi connectivity index (χ1v) is 11.0. The highest BCUT2D eigenvalue weighted by molar-refractivity contribution is 7.92. The van der Waals surface area contributed by atoms with Crippen LogP contribution in [0.15, 0.2) is 29.5 Å². The van der Waals surface area contributed by atoms with Crippen molar-refractivity contribution in [3.8, 4) is 0 Å². The van der Waals surface area contributed by atoms with Crippen molar-refractivity contribution in [3.63, 3.8) is 0 Å². The van der Waals surface area contributed by atoms with Gasteiger partial charge in [-0.2, -0.15) is 5.10 Å². The van der Waals surface area contributed by atoms with Gasteiger partial charge in [0, 0.05) is 37.9 Å². The van der Waals surface area contributed by atoms with Crippen molar-refractivity contribution in [1.82, 2.24) is 15.8 Å². The zero-order chi connectivity index (χ0) is 19.6. The van der Waals surface area contributed by atoms with Crippen molar-refractivity contribution in [2.24, 2.45) is 16.9 Å². The van der Waals surface area contributed by atoms with E-state index in [2.05, 4.69) is 38.6 Å². The Hall–Kier alpha value is -2.10. The van der Waals surface area contributed by atoms with E-state index < -0.39 is 10.0 Å². The number of nitrogens with zero attached hydrogens (tertiary/aromatic N) is 2. The largest absolute Gasteiger partial charge is 0.329 e. The Morgan fingerprint density at radius 2 is 2.11 bits per heavy atom. The molecule has 9 heteroatoms. The van der Waals surface area contributed by atoms with Gasteiger partial charge in [0.25, 0.3) is 0 Å². The number of hydrazone groups is 1. The summed E-state index contributed by atoms with van der Waals surface area (Å²) < 4.78 is 26.4. The molecule has 5 N–H and O–H groups in total. The van der Waals surface area contributed by atoms with E-state index in [1.807, 2.05) is 0 Å². The maximum absolute atomic E-state index is 11.9. The molecule has 1 fully saturated rings. The summed E-state index contributed by atoms with van der Waals surface area (Å²) in [5.41, 5.74) is 9.71. The standard InChI is InChI=1S/C18H28N6O2S/c1-12(13-4-5-13)24-10-15-8-14(17(22-19)6-7-21-20-2)9-18(16(15)11-24)23-27(3,25)26/h6-9,12-13,20-21,23H,4-5,10-11,19H2,1-3H3/b7-6-,22-17+/t12-/m0/s1. The summed E-state index contributed by atoms with van der Waals surface area (Å²) in [6.45, 7) is 3.81. The molecule has 0 radical (unpaired) electrons. The molecule has 1 heterocycles. The van der Waals surface area contributed by atoms with Crippen LogP contribution in [0.2, 0.25) is 0 Å². The number of benzene rings is 1. The van der Waals surface area contributed by atoms with Crippen molar-refractivity contribution in [2.75, 3.05) is 18.0 Å². The summed E-state index contributed by atoms with van der Waals surface area (Å²) in [5, 5.41) is 3.86. The fraction of sp³-hybridized carbons (Fsp3) is 0.500. The van der Waals surface area contributed by atoms with E-state index >= 15 is 0 Å². The molecular weight excluding hydrogens is 364 g/mol. The minimum Gasteiger partial charge on any atom is -0.329 e. The molecule has 1 saturated carbocycles. The van der Waals surface area contributed by atoms with Gasteiger partial charge in [0.15, 0.2) is 0 Å². The van der Waals surface area contributed by atoms with Crippen LogP contribution < -0.4 is 21.4 Å². The van der Waals surface area contributed by atoms with Gasteiger partial charge in [-0.25, -0.2) is 13.8 Å². The summed E-state index contributed by atoms with van der Waals surface area (Å²) >= 11 is 0. The van der Waals surface area contributed by atoms with E-state index in [4.69, 9.17) is 5.84 Å². The third kappa shape index (κ3) is 4.79. The Morgan fingerprint density at radius 1 is 1.37 bits per heavy atom. The summed E-state index contributed by atoms with van der Waals surface area (Å²) in [4.78, 5) is 2.41. The lowest BCUT2D eigenvalue weighted by atomic mass is 10.0. The van der Waals surface area contributed by atoms with Crippen LogP contribution >= 0.6 is 0 Å². The highest BCUT2D eigenvalue weighted by Gasteiger charge is 2.35. The smallest absolute Gasteiger partial charge is 0.229 e. The van der Waals surface area contributed by atoms with E-state index in [0.717, 1.165) is 35.7 Å². The quantitative estimate of drug-likeness (QED) is 0.299. The van der Waals surface area contributed by atoms with Gasteiger partial charge in [0.05, 0.1) is 17.7 Å². The number of hydrazine groups is 1. The van der Waals surface area contributed by atoms with Gasteiger partial charge in [-0.15, -0.1) is 0 Å². The van der Waals surface area contributed by atoms with E-state index in [-0.39, 0.29) is 0 Å². The van der Waals surface area contributed by atoms with Crippen LogP contribution in [0.3, 0.4) is 0 Å². The topological polar surface area (TPSA) is 112 Å². The second-order valence-corrected chi connectivity index (χ2v) is 9.01. The predicted octanol–water partition coefficient (Wildman–Crippen LogP) is 1.07. The molecule has 3 rings (SSSR count). The van der Waals surface area contributed by atoms with Crippen LogP contribution in [-0.4, -0.2) is 38.4 Å². The van der Waals surface area contributed by atoms with Gasteiger partial charge < -0.3 is 11.3 Å². The Kier molecular flexibility index (Phi) is 5.73. The molecule has 0 aromatic heterocycles. The first kappa shape index (κ1) is 19.7. The highest BCUT2D eigenvalue weighted by Crippen LogP contribution is 2.40. The third-order valence-corrected chi connectivity index (χ3v) is 5.75. The number of rotatable bonds is 8. The summed E-state index contributed by atoms with van der Waals surface area (Å²) in [5.74, 6) is 6.32. The molecule has 0 saturated heterocycles. The average Bonchev–Trinajstić information content (AvgIpc) is 3.35. The molecule has 2 aliphatic rings. The summed E-state index contributed by atoms with van der Waals surface area (Å²) in [6.07, 6.45) is 7.15. The molecule has 8 nitrogen and oxygen atoms in total. The average molecular weight is 393 g/mol. The second-order valence-electron chi connectivity index (χ2n) is 7.26. The van der Waals surface area contributed by atoms with Crippen molar-refractivity contribution in [2.45, 2.75) is 38.9 Å². The molecule has 1 atom stereocenters. The van der Waals surface area contributed by atoms with Gasteiger partial charge in [-0.1, -0.05) is 0 Å². The van der Waals surface area contributed by atoms with Crippen LogP contribution in [0, 0.1) is 5.92 Å². The molecule has 1 aromatic rings. The molecule has 27 heavy (non-hydrogen) atoms. The van der Waals surface area contributed by atoms with Gasteiger partial charge >= 0.3 is 0 Å². The zero-order valence-electron chi connectivity index (χ0n) is 16.0. The highest BCUT2D eigenvalue weighted by atomic mass is 32.2. The molecule has 1 aromatic carbocycles. The van der Waals surface area contributed by atoms with Crippen molar-refractivity contribution in [1.29, 1.82) is 0 Å². The van der Waals surface area contributed by atoms with Crippen LogP contribution in [0.4, 0.5) is 5.69 Å². The molecule has 1 aliphatic carbocycles. The van der Waals surface area contributed by atoms with Gasteiger partial charge in [-0.05, 0) is 55.0 Å². The third-order valence-electron chi connectivity index (χ3n) is 5.16. The number of hydrogen-bond acceptors (Lipinski definition) is 7. The maximum atomic E-state index is 11.9. The van der Waals surface area contributed by atoms with Crippen molar-refractivity contribution in [3.05, 3.63) is 41.1 Å². The number of nitrogens with one attached hydrogen (secondary N) is 3. The van der Waals surface area contributed by atoms with Gasteiger partial charge in [0.1, 0.15) is 0 Å². The minimum atomic E-state index is -3.39. The molecule has 0 spiro atoms. The molecule has 0 amide bonds. The van der Waals surface area contributed by atoms with Crippen LogP contribution in [0.25, 0.3) is 0 Å². The van der Waals surface area contributed by atoms with Gasteiger partial charge in [-0.3, -0.25) is 9.62 Å². The lowest BCUT2D eigenvalue weighted by Crippen LogP contribution is -2.29. The Labute approximate surface area is 160 Å². The van der Waals surface area contributed by atoms with Crippen LogP contribution in [-0.2, 0) is 23.1 Å². The summed E-state index contributed by atoms with van der Waals surface area (Å²) in [7, 11) is -1.64. The monoisotopic (exact) mass is 392 g/mol. The number of sulfonamides is 1. The lowest BCUT2D eigenvalue weighted by molar-refractivity contribution is 0.192. The molecular formula is C18H28N6O2S. The number of anilines is 1. The normalized spacial score (nSPS) is 19.3. The fourth-order valence-electron chi connectivity index (χ4n) is 3.56. The van der Waals surface area contributed by atoms with Crippen LogP contribution in [0.1, 0.15) is 36.5 Å². The molecule has 148 valence electrons. The number of nitrogens with two attached hydrogens (primary N) is 1. The first-order valence-electron chi connectivity index (χ1n) is 9.07. The lowest BCUT2D eigenvalue weighted by Gasteiger charge is -2.23. The SMILES string of the molecule is CNN/C=C\C(=N/N)c1cc2c(c(NS(C)(=O)=O)c1)CN([C@@H](C)C1CC1)C2. The number of fused-ring (bicyclic) bond motifs is 1. The second kappa shape index (κ2) is 7.87. The van der Waals surface area contributed by atoms with E-state index in [9.17, 15) is 8.42 Å². The number of allylic oxidation sites excluding steroid dienone is 1. The predicted molar refractivity (Wildman–Crippen MR) is 108 cm³/mol. The first-order chi connectivity index (χ1) is 12.8. The van der Waals surface area contributed by atoms with E-state index in [1.54, 1.807) is 25.4 Å². The van der Waals surface area contributed by atoms with Crippen LogP contribution in [0.5, 0.6) is 0 Å². The molecule has 0 unspecified atom stereocenters. The van der Waals surface area contributed by atoms with Crippen molar-refractivity contribution >= 4 is 21.4 Å². The minimum absolute atomic E-state index is 0.495. The molecule has 1 aliphatic heterocycles. The maximum Gasteiger partial charge on any atom is 0.229 e. The zero-order valence-corrected chi connectivity index (χ0v) is 16.8. The fourth-order valence-corrected chi connectivity index (χ4v) is 4.14. The number of hydrogen-bond donors (Lipinski definition) is 4.